The Balaban J connectivity index is 1.36. The maximum Gasteiger partial charge on any atom is 0.0629 e. The summed E-state index contributed by atoms with van der Waals surface area (Å²) >= 11 is 11.5. The van der Waals surface area contributed by atoms with Gasteiger partial charge in [0.15, 0.2) is 0 Å². The van der Waals surface area contributed by atoms with E-state index < -0.39 is 18.1 Å². The van der Waals surface area contributed by atoms with Gasteiger partial charge in [0.1, 0.15) is 0 Å². The average Bonchev–Trinajstić information content (AvgIpc) is 3.46. The van der Waals surface area contributed by atoms with Crippen LogP contribution in [0.25, 0.3) is 55.6 Å². The topological polar surface area (TPSA) is 6.48 Å². The molecule has 0 N–H and O–H groups in total. The Kier molecular flexibility index (Phi) is 12.0. The summed E-state index contributed by atoms with van der Waals surface area (Å²) in [5, 5.41) is 0.479. The summed E-state index contributed by atoms with van der Waals surface area (Å²) in [6, 6.07) is 71.6. The van der Waals surface area contributed by atoms with Crippen LogP contribution in [0.2, 0.25) is 5.02 Å². The highest BCUT2D eigenvalue weighted by Gasteiger charge is 2.30. The number of nitrogens with zero attached hydrogens (tertiary/aromatic N) is 2. The lowest BCUT2D eigenvalue weighted by Gasteiger charge is -2.35. The lowest BCUT2D eigenvalue weighted by Crippen LogP contribution is -2.18. The zero-order valence-corrected chi connectivity index (χ0v) is 43.7. The van der Waals surface area contributed by atoms with Crippen molar-refractivity contribution in [3.8, 4) is 55.6 Å². The van der Waals surface area contributed by atoms with E-state index in [0.29, 0.717) is 16.3 Å². The fraction of sp³-hybridized carbons (Fsp3) is 0.118. The van der Waals surface area contributed by atoms with Crippen molar-refractivity contribution in [3.05, 3.63) is 263 Å². The minimum Gasteiger partial charge on any atom is -0.309 e. The Morgan fingerprint density at radius 2 is 0.722 bits per heavy atom. The van der Waals surface area contributed by atoms with E-state index >= 15 is 0 Å². The van der Waals surface area contributed by atoms with Crippen molar-refractivity contribution in [2.45, 2.75) is 52.4 Å². The summed E-state index contributed by atoms with van der Waals surface area (Å²) in [5.74, 6) is 0. The van der Waals surface area contributed by atoms with Crippen LogP contribution in [0.3, 0.4) is 0 Å². The summed E-state index contributed by atoms with van der Waals surface area (Å²) < 4.78 is 45.0. The largest absolute Gasteiger partial charge is 0.309 e. The molecular formula is C68H58BrClN2. The quantitative estimate of drug-likeness (QED) is 0.127. The van der Waals surface area contributed by atoms with Crippen molar-refractivity contribution in [3.63, 3.8) is 0 Å². The molecule has 0 aliphatic rings. The Bertz CT molecular complexity index is 3650. The fourth-order valence-corrected chi connectivity index (χ4v) is 10.0. The SMILES string of the molecule is [2H]c1c([2H])c([2H])c(-c2cccc(N(c3cc(Cl)cc(N(c4cccc(Br)c4)c4c(-c5ccccc5)cc(C(C)(C)C)cc4-c4ccccc4)c3)c3c(-c4ccccc4)cc(C(C)(C)C)cc3-c3ccccc3)c2)c([2H])c1[2H]. The Morgan fingerprint density at radius 3 is 1.10 bits per heavy atom. The van der Waals surface area contributed by atoms with Crippen molar-refractivity contribution in [1.82, 2.24) is 0 Å². The lowest BCUT2D eigenvalue weighted by atomic mass is 9.81. The Labute approximate surface area is 447 Å². The molecule has 0 amide bonds. The smallest absolute Gasteiger partial charge is 0.0629 e. The number of rotatable bonds is 11. The van der Waals surface area contributed by atoms with Crippen LogP contribution in [-0.2, 0) is 10.8 Å². The molecule has 72 heavy (non-hydrogen) atoms. The van der Waals surface area contributed by atoms with Crippen molar-refractivity contribution >= 4 is 61.7 Å². The maximum absolute atomic E-state index is 9.13. The van der Waals surface area contributed by atoms with Gasteiger partial charge in [0.2, 0.25) is 0 Å². The van der Waals surface area contributed by atoms with Gasteiger partial charge >= 0.3 is 0 Å². The number of benzene rings is 10. The standard InChI is InChI=1S/C68H58BrClN2/c1-67(2,3)53-39-61(48-26-14-8-15-27-48)65(62(40-53)49-28-16-9-17-29-49)71(57-36-22-34-52(38-57)47-24-12-7-13-25-47)59-44-56(70)45-60(46-59)72(58-37-23-35-55(69)43-58)66-63(50-30-18-10-19-31-50)41-54(68(4,5)6)42-64(66)51-32-20-11-21-33-51/h7-46H,1-6H3/i7D,12D,13D,24D,25D. The van der Waals surface area contributed by atoms with E-state index in [1.54, 1.807) is 0 Å². The summed E-state index contributed by atoms with van der Waals surface area (Å²) in [7, 11) is 0. The van der Waals surface area contributed by atoms with E-state index in [9.17, 15) is 0 Å². The van der Waals surface area contributed by atoms with Crippen LogP contribution < -0.4 is 9.80 Å². The molecular weight excluding hydrogens is 960 g/mol. The highest BCUT2D eigenvalue weighted by molar-refractivity contribution is 9.10. The van der Waals surface area contributed by atoms with E-state index in [2.05, 4.69) is 213 Å². The lowest BCUT2D eigenvalue weighted by molar-refractivity contribution is 0.590. The first-order valence-corrected chi connectivity index (χ1v) is 25.5. The van der Waals surface area contributed by atoms with Gasteiger partial charge in [-0.2, -0.15) is 0 Å². The third kappa shape index (κ3) is 10.2. The van der Waals surface area contributed by atoms with Crippen LogP contribution in [0.15, 0.2) is 247 Å². The highest BCUT2D eigenvalue weighted by Crippen LogP contribution is 2.53. The van der Waals surface area contributed by atoms with Gasteiger partial charge in [-0.05, 0) is 128 Å². The van der Waals surface area contributed by atoms with Crippen molar-refractivity contribution in [2.24, 2.45) is 0 Å². The molecule has 0 bridgehead atoms. The molecule has 0 unspecified atom stereocenters. The van der Waals surface area contributed by atoms with Crippen LogP contribution in [0.1, 0.15) is 59.5 Å². The van der Waals surface area contributed by atoms with Crippen LogP contribution in [0.4, 0.5) is 34.1 Å². The zero-order chi connectivity index (χ0) is 54.3. The third-order valence-electron chi connectivity index (χ3n) is 13.1. The predicted molar refractivity (Wildman–Crippen MR) is 313 cm³/mol. The Morgan fingerprint density at radius 1 is 0.361 bits per heavy atom. The van der Waals surface area contributed by atoms with Gasteiger partial charge in [0, 0.05) is 54.5 Å². The first-order chi connectivity index (χ1) is 36.9. The minimum atomic E-state index is -0.444. The molecule has 10 aromatic carbocycles. The van der Waals surface area contributed by atoms with Crippen LogP contribution in [0.5, 0.6) is 0 Å². The van der Waals surface area contributed by atoms with E-state index in [4.69, 9.17) is 18.5 Å². The van der Waals surface area contributed by atoms with Gasteiger partial charge in [0.25, 0.3) is 0 Å². The second-order valence-corrected chi connectivity index (χ2v) is 21.5. The molecule has 0 fully saturated rings. The monoisotopic (exact) mass is 1020 g/mol. The van der Waals surface area contributed by atoms with E-state index in [1.807, 2.05) is 66.7 Å². The third-order valence-corrected chi connectivity index (χ3v) is 13.8. The molecule has 0 atom stereocenters. The van der Waals surface area contributed by atoms with Gasteiger partial charge < -0.3 is 9.80 Å². The number of hydrogen-bond acceptors (Lipinski definition) is 2. The molecule has 0 aromatic heterocycles. The van der Waals surface area contributed by atoms with E-state index in [0.717, 1.165) is 83.0 Å². The van der Waals surface area contributed by atoms with Gasteiger partial charge in [-0.1, -0.05) is 239 Å². The van der Waals surface area contributed by atoms with E-state index in [1.165, 1.54) is 5.56 Å². The van der Waals surface area contributed by atoms with Crippen molar-refractivity contribution in [2.75, 3.05) is 9.80 Å². The van der Waals surface area contributed by atoms with Crippen molar-refractivity contribution < 1.29 is 6.85 Å². The molecule has 0 aliphatic carbocycles. The van der Waals surface area contributed by atoms with Gasteiger partial charge in [-0.15, -0.1) is 0 Å². The average molecular weight is 1020 g/mol. The number of hydrogen-bond donors (Lipinski definition) is 0. The zero-order valence-electron chi connectivity index (χ0n) is 46.4. The van der Waals surface area contributed by atoms with Crippen LogP contribution in [0, 0.1) is 0 Å². The molecule has 0 saturated carbocycles. The molecule has 0 aliphatic heterocycles. The predicted octanol–water partition coefficient (Wildman–Crippen LogP) is 21.0. The second kappa shape index (κ2) is 20.4. The molecule has 2 nitrogen and oxygen atoms in total. The van der Waals surface area contributed by atoms with Gasteiger partial charge in [-0.25, -0.2) is 0 Å². The summed E-state index contributed by atoms with van der Waals surface area (Å²) in [4.78, 5) is 4.54. The minimum absolute atomic E-state index is 0.112. The van der Waals surface area contributed by atoms with Crippen LogP contribution >= 0.6 is 27.5 Å². The summed E-state index contributed by atoms with van der Waals surface area (Å²) in [6.45, 7) is 13.5. The second-order valence-electron chi connectivity index (χ2n) is 20.2. The molecule has 10 aromatic rings. The summed E-state index contributed by atoms with van der Waals surface area (Å²) in [6.07, 6.45) is 0. The number of anilines is 6. The highest BCUT2D eigenvalue weighted by atomic mass is 79.9. The van der Waals surface area contributed by atoms with Crippen molar-refractivity contribution in [1.29, 1.82) is 0 Å². The Hall–Kier alpha value is -7.43. The first-order valence-electron chi connectivity index (χ1n) is 26.8. The molecule has 10 rings (SSSR count). The molecule has 0 radical (unpaired) electrons. The fourth-order valence-electron chi connectivity index (χ4n) is 9.41. The molecule has 354 valence electrons. The summed E-state index contributed by atoms with van der Waals surface area (Å²) in [5.41, 5.74) is 15.5. The van der Waals surface area contributed by atoms with Gasteiger partial charge in [0.05, 0.1) is 18.2 Å². The van der Waals surface area contributed by atoms with E-state index in [-0.39, 0.29) is 28.5 Å². The molecule has 0 spiro atoms. The first kappa shape index (κ1) is 42.3. The normalized spacial score (nSPS) is 12.6. The van der Waals surface area contributed by atoms with Gasteiger partial charge in [-0.3, -0.25) is 0 Å². The maximum atomic E-state index is 9.13. The number of halogens is 2. The molecule has 4 heteroatoms. The molecule has 0 saturated heterocycles. The van der Waals surface area contributed by atoms with Crippen LogP contribution in [-0.4, -0.2) is 0 Å². The molecule has 0 heterocycles.